The van der Waals surface area contributed by atoms with Gasteiger partial charge in [-0.1, -0.05) is 19.8 Å². The molecule has 2 unspecified atom stereocenters. The number of unbranched alkanes of at least 4 members (excludes halogenated alkanes) is 2. The van der Waals surface area contributed by atoms with Gasteiger partial charge in [-0.15, -0.1) is 11.8 Å². The van der Waals surface area contributed by atoms with Crippen LogP contribution < -0.4 is 10.6 Å². The predicted molar refractivity (Wildman–Crippen MR) is 109 cm³/mol. The number of nitrogens with one attached hydrogen (secondary N) is 2. The molecule has 3 aliphatic rings. The molecule has 2 bridgehead atoms. The first kappa shape index (κ1) is 21.4. The second-order valence-corrected chi connectivity index (χ2v) is 10.5. The molecule has 8 heteroatoms. The summed E-state index contributed by atoms with van der Waals surface area (Å²) in [6.45, 7) is 6.30. The van der Waals surface area contributed by atoms with E-state index in [0.717, 1.165) is 32.1 Å². The molecule has 7 nitrogen and oxygen atoms in total. The molecule has 3 aliphatic heterocycles. The first-order chi connectivity index (χ1) is 13.3. The minimum Gasteiger partial charge on any atom is -0.394 e. The van der Waals surface area contributed by atoms with Crippen molar-refractivity contribution in [3.63, 3.8) is 0 Å². The van der Waals surface area contributed by atoms with E-state index in [2.05, 4.69) is 17.6 Å². The number of rotatable bonds is 8. The molecule has 0 aliphatic carbocycles. The van der Waals surface area contributed by atoms with Gasteiger partial charge in [0.2, 0.25) is 17.7 Å². The van der Waals surface area contributed by atoms with Gasteiger partial charge < -0.3 is 20.6 Å². The van der Waals surface area contributed by atoms with Crippen molar-refractivity contribution in [2.24, 2.45) is 11.8 Å². The van der Waals surface area contributed by atoms with Crippen molar-refractivity contribution in [2.75, 3.05) is 20.2 Å². The quantitative estimate of drug-likeness (QED) is 0.516. The summed E-state index contributed by atoms with van der Waals surface area (Å²) >= 11 is 1.65. The molecule has 158 valence electrons. The summed E-state index contributed by atoms with van der Waals surface area (Å²) in [6.07, 6.45) is 4.56. The normalized spacial score (nSPS) is 37.1. The molecule has 0 aromatic carbocycles. The number of carbonyl (C=O) groups excluding carboxylic acids is 3. The van der Waals surface area contributed by atoms with E-state index in [9.17, 15) is 19.5 Å². The number of amides is 3. The zero-order valence-corrected chi connectivity index (χ0v) is 18.1. The molecule has 0 aromatic heterocycles. The van der Waals surface area contributed by atoms with Crippen LogP contribution in [-0.4, -0.2) is 69.5 Å². The zero-order chi connectivity index (χ0) is 20.7. The molecule has 3 amide bonds. The van der Waals surface area contributed by atoms with Crippen LogP contribution in [-0.2, 0) is 14.4 Å². The topological polar surface area (TPSA) is 98.7 Å². The van der Waals surface area contributed by atoms with E-state index < -0.39 is 28.7 Å². The number of nitrogens with zero attached hydrogens (tertiary/aromatic N) is 1. The SMILES string of the molecule is CCCCCNC(=O)C1N([C@H](C)CO)C(=O)[C@@H]2[C@H](C(=O)NC)[C@]3(C)CCC12S3. The Labute approximate surface area is 171 Å². The van der Waals surface area contributed by atoms with Crippen LogP contribution >= 0.6 is 11.8 Å². The van der Waals surface area contributed by atoms with Crippen molar-refractivity contribution < 1.29 is 19.5 Å². The average molecular weight is 412 g/mol. The van der Waals surface area contributed by atoms with Crippen molar-refractivity contribution in [3.05, 3.63) is 0 Å². The summed E-state index contributed by atoms with van der Waals surface area (Å²) in [5.74, 6) is -1.41. The molecular formula is C20H33N3O4S. The number of aliphatic hydroxyl groups excluding tert-OH is 1. The second kappa shape index (κ2) is 7.86. The Morgan fingerprint density at radius 3 is 2.64 bits per heavy atom. The third-order valence-corrected chi connectivity index (χ3v) is 8.80. The van der Waals surface area contributed by atoms with E-state index in [1.54, 1.807) is 30.6 Å². The predicted octanol–water partition coefficient (Wildman–Crippen LogP) is 0.901. The third-order valence-electron chi connectivity index (χ3n) is 6.81. The number of fused-ring (bicyclic) bond motifs is 1. The average Bonchev–Trinajstić information content (AvgIpc) is 3.24. The Morgan fingerprint density at radius 2 is 2.04 bits per heavy atom. The van der Waals surface area contributed by atoms with Crippen molar-refractivity contribution >= 4 is 29.5 Å². The maximum atomic E-state index is 13.5. The molecule has 3 saturated heterocycles. The maximum absolute atomic E-state index is 13.5. The van der Waals surface area contributed by atoms with E-state index in [0.29, 0.717) is 6.54 Å². The molecule has 6 atom stereocenters. The van der Waals surface area contributed by atoms with Crippen LogP contribution in [0.3, 0.4) is 0 Å². The Morgan fingerprint density at radius 1 is 1.32 bits per heavy atom. The van der Waals surface area contributed by atoms with Crippen LogP contribution in [0.15, 0.2) is 0 Å². The maximum Gasteiger partial charge on any atom is 0.244 e. The number of aliphatic hydroxyl groups is 1. The molecule has 3 fully saturated rings. The fourth-order valence-corrected chi connectivity index (χ4v) is 7.81. The van der Waals surface area contributed by atoms with Gasteiger partial charge in [-0.3, -0.25) is 14.4 Å². The van der Waals surface area contributed by atoms with Gasteiger partial charge in [0.15, 0.2) is 0 Å². The monoisotopic (exact) mass is 411 g/mol. The van der Waals surface area contributed by atoms with Crippen LogP contribution in [0.2, 0.25) is 0 Å². The third kappa shape index (κ3) is 3.03. The van der Waals surface area contributed by atoms with Crippen LogP contribution in [0, 0.1) is 11.8 Å². The molecule has 3 N–H and O–H groups in total. The highest BCUT2D eigenvalue weighted by Gasteiger charge is 2.77. The van der Waals surface area contributed by atoms with E-state index >= 15 is 0 Å². The van der Waals surface area contributed by atoms with Crippen LogP contribution in [0.4, 0.5) is 0 Å². The molecule has 3 heterocycles. The lowest BCUT2D eigenvalue weighted by Gasteiger charge is -2.36. The second-order valence-electron chi connectivity index (χ2n) is 8.62. The van der Waals surface area contributed by atoms with Gasteiger partial charge in [0.25, 0.3) is 0 Å². The number of hydrogen-bond acceptors (Lipinski definition) is 5. The smallest absolute Gasteiger partial charge is 0.244 e. The van der Waals surface area contributed by atoms with E-state index in [1.165, 1.54) is 0 Å². The molecule has 0 aromatic rings. The van der Waals surface area contributed by atoms with Crippen molar-refractivity contribution in [1.29, 1.82) is 0 Å². The molecule has 0 saturated carbocycles. The highest BCUT2D eigenvalue weighted by molar-refractivity contribution is 8.02. The summed E-state index contributed by atoms with van der Waals surface area (Å²) < 4.78 is -0.934. The molecular weight excluding hydrogens is 378 g/mol. The highest BCUT2D eigenvalue weighted by atomic mass is 32.2. The fraction of sp³-hybridized carbons (Fsp3) is 0.850. The fourth-order valence-electron chi connectivity index (χ4n) is 5.47. The molecule has 3 rings (SSSR count). The Bertz CT molecular complexity index is 659. The van der Waals surface area contributed by atoms with Gasteiger partial charge in [0.1, 0.15) is 6.04 Å². The number of carbonyl (C=O) groups is 3. The first-order valence-corrected chi connectivity index (χ1v) is 11.2. The lowest BCUT2D eigenvalue weighted by Crippen LogP contribution is -2.56. The van der Waals surface area contributed by atoms with Crippen LogP contribution in [0.5, 0.6) is 0 Å². The number of likely N-dealkylation sites (tertiary alicyclic amines) is 1. The number of thioether (sulfide) groups is 1. The van der Waals surface area contributed by atoms with E-state index in [4.69, 9.17) is 0 Å². The molecule has 28 heavy (non-hydrogen) atoms. The molecule has 1 spiro atoms. The Kier molecular flexibility index (Phi) is 6.01. The Balaban J connectivity index is 1.96. The molecule has 0 radical (unpaired) electrons. The van der Waals surface area contributed by atoms with Crippen molar-refractivity contribution in [1.82, 2.24) is 15.5 Å². The lowest BCUT2D eigenvalue weighted by atomic mass is 9.66. The number of hydrogen-bond donors (Lipinski definition) is 3. The lowest BCUT2D eigenvalue weighted by molar-refractivity contribution is -0.142. The Hall–Kier alpha value is -1.28. The summed E-state index contributed by atoms with van der Waals surface area (Å²) in [4.78, 5) is 41.0. The van der Waals surface area contributed by atoms with Gasteiger partial charge in [0, 0.05) is 18.3 Å². The van der Waals surface area contributed by atoms with Gasteiger partial charge in [-0.05, 0) is 33.1 Å². The zero-order valence-electron chi connectivity index (χ0n) is 17.3. The van der Waals surface area contributed by atoms with E-state index in [-0.39, 0.29) is 29.1 Å². The summed E-state index contributed by atoms with van der Waals surface area (Å²) in [6, 6.07) is -1.10. The van der Waals surface area contributed by atoms with Crippen molar-refractivity contribution in [3.8, 4) is 0 Å². The van der Waals surface area contributed by atoms with Crippen molar-refractivity contribution in [2.45, 2.75) is 74.5 Å². The van der Waals surface area contributed by atoms with Gasteiger partial charge in [0.05, 0.1) is 29.2 Å². The summed E-state index contributed by atoms with van der Waals surface area (Å²) in [5, 5.41) is 15.5. The largest absolute Gasteiger partial charge is 0.394 e. The first-order valence-electron chi connectivity index (χ1n) is 10.4. The van der Waals surface area contributed by atoms with Gasteiger partial charge in [-0.2, -0.15) is 0 Å². The van der Waals surface area contributed by atoms with Crippen LogP contribution in [0.25, 0.3) is 0 Å². The highest BCUT2D eigenvalue weighted by Crippen LogP contribution is 2.71. The van der Waals surface area contributed by atoms with Crippen LogP contribution in [0.1, 0.15) is 52.9 Å². The van der Waals surface area contributed by atoms with E-state index in [1.807, 2.05) is 6.92 Å². The minimum absolute atomic E-state index is 0.129. The minimum atomic E-state index is -0.643. The standard InChI is InChI=1S/C20H33N3O4S/c1-5-6-7-10-22-17(26)15-20-9-8-19(3,28-20)13(16(25)21-4)14(20)18(27)23(15)12(2)11-24/h12-15,24H,5-11H2,1-4H3,(H,21,25)(H,22,26)/t12-,13-,14+,15?,19+,20?/m1/s1. The summed E-state index contributed by atoms with van der Waals surface area (Å²) in [7, 11) is 1.60. The van der Waals surface area contributed by atoms with Gasteiger partial charge in [-0.25, -0.2) is 0 Å². The summed E-state index contributed by atoms with van der Waals surface area (Å²) in [5.41, 5.74) is 0. The van der Waals surface area contributed by atoms with Gasteiger partial charge >= 0.3 is 0 Å².